The van der Waals surface area contributed by atoms with E-state index in [1.54, 1.807) is 0 Å². The molecular formula is C12H26N2O5Si. The van der Waals surface area contributed by atoms with Gasteiger partial charge in [-0.2, -0.15) is 0 Å². The molecule has 0 saturated carbocycles. The van der Waals surface area contributed by atoms with Gasteiger partial charge in [-0.1, -0.05) is 20.8 Å². The van der Waals surface area contributed by atoms with Gasteiger partial charge >= 0.3 is 6.09 Å². The fraction of sp³-hybridized carbons (Fsp3) is 0.833. The Labute approximate surface area is 121 Å². The van der Waals surface area contributed by atoms with Crippen LogP contribution < -0.4 is 5.32 Å². The maximum atomic E-state index is 11.8. The lowest BCUT2D eigenvalue weighted by Crippen LogP contribution is -2.50. The van der Waals surface area contributed by atoms with Gasteiger partial charge in [-0.15, -0.1) is 0 Å². The summed E-state index contributed by atoms with van der Waals surface area (Å²) in [6.07, 6.45) is -2.21. The minimum absolute atomic E-state index is 0.0817. The summed E-state index contributed by atoms with van der Waals surface area (Å²) in [6.45, 7) is 10.1. The molecule has 0 saturated heterocycles. The highest BCUT2D eigenvalue weighted by Gasteiger charge is 2.40. The van der Waals surface area contributed by atoms with Crippen LogP contribution in [0.2, 0.25) is 18.1 Å². The minimum atomic E-state index is -2.18. The van der Waals surface area contributed by atoms with Gasteiger partial charge in [-0.25, -0.2) is 9.86 Å². The second-order valence-electron chi connectivity index (χ2n) is 6.09. The second kappa shape index (κ2) is 7.05. The lowest BCUT2D eigenvalue weighted by atomic mass is 10.2. The lowest BCUT2D eigenvalue weighted by molar-refractivity contribution is -0.170. The third kappa shape index (κ3) is 5.89. The normalized spacial score (nSPS) is 13.8. The Bertz CT molecular complexity index is 354. The summed E-state index contributed by atoms with van der Waals surface area (Å²) in [5.74, 6) is -0.357. The van der Waals surface area contributed by atoms with Gasteiger partial charge in [-0.3, -0.25) is 14.9 Å². The number of carboxylic acid groups (broad SMARTS) is 1. The number of amides is 2. The van der Waals surface area contributed by atoms with Gasteiger partial charge in [0.25, 0.3) is 0 Å². The highest BCUT2D eigenvalue weighted by molar-refractivity contribution is 6.74. The summed E-state index contributed by atoms with van der Waals surface area (Å²) in [7, 11) is 0.648. The first-order chi connectivity index (χ1) is 8.90. The van der Waals surface area contributed by atoms with Crippen molar-refractivity contribution in [3.8, 4) is 0 Å². The predicted molar refractivity (Wildman–Crippen MR) is 77.6 cm³/mol. The van der Waals surface area contributed by atoms with Crippen LogP contribution in [0.3, 0.4) is 0 Å². The van der Waals surface area contributed by atoms with E-state index in [-0.39, 0.29) is 17.4 Å². The van der Waals surface area contributed by atoms with Gasteiger partial charge < -0.3 is 9.53 Å². The van der Waals surface area contributed by atoms with Crippen molar-refractivity contribution in [2.24, 2.45) is 0 Å². The fourth-order valence-corrected chi connectivity index (χ4v) is 2.39. The standard InChI is InChI=1S/C12H26N2O5Si/c1-12(2,3)20(6,7)19-9(13-11(16)17)8-10(15)14(4)18-5/h9,13H,8H2,1-7H3,(H,16,17). The quantitative estimate of drug-likeness (QED) is 0.445. The third-order valence-electron chi connectivity index (χ3n) is 3.51. The zero-order valence-corrected chi connectivity index (χ0v) is 14.3. The molecule has 1 unspecified atom stereocenters. The molecule has 2 N–H and O–H groups in total. The predicted octanol–water partition coefficient (Wildman–Crippen LogP) is 2.01. The van der Waals surface area contributed by atoms with E-state index in [1.807, 2.05) is 33.9 Å². The van der Waals surface area contributed by atoms with E-state index in [4.69, 9.17) is 14.4 Å². The highest BCUT2D eigenvalue weighted by atomic mass is 28.4. The second-order valence-corrected chi connectivity index (χ2v) is 10.9. The Kier molecular flexibility index (Phi) is 6.65. The molecule has 2 amide bonds. The average molecular weight is 306 g/mol. The first-order valence-corrected chi connectivity index (χ1v) is 9.29. The number of hydrogen-bond donors (Lipinski definition) is 2. The van der Waals surface area contributed by atoms with Crippen molar-refractivity contribution >= 4 is 20.3 Å². The van der Waals surface area contributed by atoms with Crippen molar-refractivity contribution in [2.75, 3.05) is 14.2 Å². The van der Waals surface area contributed by atoms with Crippen LogP contribution in [0.1, 0.15) is 27.2 Å². The number of carbonyl (C=O) groups excluding carboxylic acids is 1. The Balaban J connectivity index is 4.91. The first-order valence-electron chi connectivity index (χ1n) is 6.38. The SMILES string of the molecule is CON(C)C(=O)CC(NC(=O)O)O[Si](C)(C)C(C)(C)C. The summed E-state index contributed by atoms with van der Waals surface area (Å²) in [6, 6.07) is 0. The summed E-state index contributed by atoms with van der Waals surface area (Å²) < 4.78 is 5.92. The van der Waals surface area contributed by atoms with Gasteiger partial charge in [0.15, 0.2) is 8.32 Å². The molecule has 0 fully saturated rings. The topological polar surface area (TPSA) is 88.1 Å². The third-order valence-corrected chi connectivity index (χ3v) is 8.00. The zero-order chi connectivity index (χ0) is 16.1. The van der Waals surface area contributed by atoms with Crippen molar-refractivity contribution < 1.29 is 24.0 Å². The molecule has 0 aliphatic rings. The van der Waals surface area contributed by atoms with E-state index in [1.165, 1.54) is 14.2 Å². The molecule has 20 heavy (non-hydrogen) atoms. The monoisotopic (exact) mass is 306 g/mol. The average Bonchev–Trinajstić information content (AvgIpc) is 2.24. The number of hydroxylamine groups is 2. The van der Waals surface area contributed by atoms with Crippen molar-refractivity contribution in [1.29, 1.82) is 0 Å². The van der Waals surface area contributed by atoms with Crippen molar-refractivity contribution in [1.82, 2.24) is 10.4 Å². The van der Waals surface area contributed by atoms with Crippen molar-refractivity contribution in [3.63, 3.8) is 0 Å². The molecule has 0 bridgehead atoms. The lowest BCUT2D eigenvalue weighted by Gasteiger charge is -2.39. The number of nitrogens with zero attached hydrogens (tertiary/aromatic N) is 1. The van der Waals surface area contributed by atoms with Gasteiger partial charge in [0.1, 0.15) is 6.23 Å². The zero-order valence-electron chi connectivity index (χ0n) is 13.3. The minimum Gasteiger partial charge on any atom is -0.465 e. The largest absolute Gasteiger partial charge is 0.465 e. The van der Waals surface area contributed by atoms with Crippen LogP contribution in [-0.4, -0.2) is 50.9 Å². The smallest absolute Gasteiger partial charge is 0.406 e. The van der Waals surface area contributed by atoms with Crippen LogP contribution in [0.4, 0.5) is 4.79 Å². The van der Waals surface area contributed by atoms with E-state index >= 15 is 0 Å². The Morgan fingerprint density at radius 3 is 2.20 bits per heavy atom. The Morgan fingerprint density at radius 2 is 1.85 bits per heavy atom. The number of hydrogen-bond acceptors (Lipinski definition) is 4. The van der Waals surface area contributed by atoms with Crippen LogP contribution in [0, 0.1) is 0 Å². The molecule has 118 valence electrons. The maximum Gasteiger partial charge on any atom is 0.406 e. The van der Waals surface area contributed by atoms with E-state index in [0.717, 1.165) is 5.06 Å². The summed E-state index contributed by atoms with van der Waals surface area (Å²) >= 11 is 0. The Morgan fingerprint density at radius 1 is 1.35 bits per heavy atom. The summed E-state index contributed by atoms with van der Waals surface area (Å²) in [5, 5.41) is 12.1. The Hall–Kier alpha value is -1.12. The summed E-state index contributed by atoms with van der Waals surface area (Å²) in [5.41, 5.74) is 0. The van der Waals surface area contributed by atoms with Crippen LogP contribution in [0.25, 0.3) is 0 Å². The number of carbonyl (C=O) groups is 2. The van der Waals surface area contributed by atoms with Gasteiger partial charge in [0, 0.05) is 7.05 Å². The molecule has 0 radical (unpaired) electrons. The molecule has 0 spiro atoms. The van der Waals surface area contributed by atoms with E-state index < -0.39 is 20.6 Å². The molecule has 0 heterocycles. The number of rotatable bonds is 6. The number of nitrogens with one attached hydrogen (secondary N) is 1. The van der Waals surface area contributed by atoms with Crippen molar-refractivity contribution in [3.05, 3.63) is 0 Å². The van der Waals surface area contributed by atoms with Gasteiger partial charge in [0.05, 0.1) is 13.5 Å². The molecule has 0 aromatic carbocycles. The molecule has 0 rings (SSSR count). The first kappa shape index (κ1) is 18.9. The van der Waals surface area contributed by atoms with Gasteiger partial charge in [-0.05, 0) is 18.1 Å². The van der Waals surface area contributed by atoms with E-state index in [0.29, 0.717) is 0 Å². The van der Waals surface area contributed by atoms with Gasteiger partial charge in [0.2, 0.25) is 5.91 Å². The molecule has 8 heteroatoms. The van der Waals surface area contributed by atoms with Crippen LogP contribution >= 0.6 is 0 Å². The van der Waals surface area contributed by atoms with Crippen LogP contribution in [-0.2, 0) is 14.1 Å². The van der Waals surface area contributed by atoms with Crippen molar-refractivity contribution in [2.45, 2.75) is 51.6 Å². The highest BCUT2D eigenvalue weighted by Crippen LogP contribution is 2.37. The molecule has 0 aromatic rings. The fourth-order valence-electron chi connectivity index (χ4n) is 1.18. The molecule has 0 aromatic heterocycles. The van der Waals surface area contributed by atoms with Crippen LogP contribution in [0.15, 0.2) is 0 Å². The molecule has 1 atom stereocenters. The summed E-state index contributed by atoms with van der Waals surface area (Å²) in [4.78, 5) is 27.4. The molecule has 0 aliphatic heterocycles. The molecular weight excluding hydrogens is 280 g/mol. The molecule has 0 aliphatic carbocycles. The van der Waals surface area contributed by atoms with Crippen LogP contribution in [0.5, 0.6) is 0 Å². The van der Waals surface area contributed by atoms with E-state index in [9.17, 15) is 9.59 Å². The maximum absolute atomic E-state index is 11.8. The van der Waals surface area contributed by atoms with E-state index in [2.05, 4.69) is 5.32 Å². The molecule has 7 nitrogen and oxygen atoms in total.